The van der Waals surface area contributed by atoms with Crippen LogP contribution in [0.15, 0.2) is 24.3 Å². The molecule has 1 aliphatic rings. The Morgan fingerprint density at radius 2 is 2.33 bits per heavy atom. The molecule has 0 bridgehead atoms. The Bertz CT molecular complexity index is 340. The number of nitriles is 1. The Morgan fingerprint density at radius 3 is 2.92 bits per heavy atom. The molecule has 0 saturated heterocycles. The average Bonchev–Trinajstić information content (AvgIpc) is 2.83. The van der Waals surface area contributed by atoms with Gasteiger partial charge in [0, 0.05) is 10.9 Å². The Labute approximate surface area is 76.6 Å². The van der Waals surface area contributed by atoms with Gasteiger partial charge in [0.2, 0.25) is 0 Å². The molecule has 0 amide bonds. The number of rotatable bonds is 1. The third kappa shape index (κ3) is 1.31. The summed E-state index contributed by atoms with van der Waals surface area (Å²) < 4.78 is 0. The predicted octanol–water partition coefficient (Wildman–Crippen LogP) is 2.97. The van der Waals surface area contributed by atoms with E-state index in [1.165, 1.54) is 5.56 Å². The third-order valence-electron chi connectivity index (χ3n) is 2.23. The van der Waals surface area contributed by atoms with Crippen molar-refractivity contribution in [3.05, 3.63) is 34.9 Å². The standard InChI is InChI=1S/C10H8ClN/c11-9-3-1-2-7(4-9)10-5-8(10)6-12/h1-4,8,10H,5H2. The van der Waals surface area contributed by atoms with Crippen LogP contribution in [0.4, 0.5) is 0 Å². The van der Waals surface area contributed by atoms with Crippen LogP contribution in [-0.2, 0) is 0 Å². The van der Waals surface area contributed by atoms with Crippen LogP contribution in [0.2, 0.25) is 5.02 Å². The first-order chi connectivity index (χ1) is 5.81. The van der Waals surface area contributed by atoms with Crippen LogP contribution in [0, 0.1) is 17.2 Å². The molecule has 1 aromatic rings. The smallest absolute Gasteiger partial charge is 0.0662 e. The molecule has 1 aliphatic carbocycles. The molecule has 0 spiro atoms. The first-order valence-corrected chi connectivity index (χ1v) is 4.34. The van der Waals surface area contributed by atoms with Gasteiger partial charge in [0.15, 0.2) is 0 Å². The number of hydrogen-bond donors (Lipinski definition) is 0. The Morgan fingerprint density at radius 1 is 1.50 bits per heavy atom. The highest BCUT2D eigenvalue weighted by molar-refractivity contribution is 6.30. The fourth-order valence-corrected chi connectivity index (χ4v) is 1.64. The van der Waals surface area contributed by atoms with Crippen LogP contribution < -0.4 is 0 Å². The maximum atomic E-state index is 8.62. The summed E-state index contributed by atoms with van der Waals surface area (Å²) in [7, 11) is 0. The van der Waals surface area contributed by atoms with E-state index in [0.717, 1.165) is 11.4 Å². The largest absolute Gasteiger partial charge is 0.198 e. The summed E-state index contributed by atoms with van der Waals surface area (Å²) in [6.45, 7) is 0. The molecule has 60 valence electrons. The van der Waals surface area contributed by atoms with Crippen molar-refractivity contribution in [3.63, 3.8) is 0 Å². The normalized spacial score (nSPS) is 26.3. The third-order valence-corrected chi connectivity index (χ3v) is 2.47. The highest BCUT2D eigenvalue weighted by Crippen LogP contribution is 2.47. The number of hydrogen-bond acceptors (Lipinski definition) is 1. The summed E-state index contributed by atoms with van der Waals surface area (Å²) in [6, 6.07) is 10.0. The van der Waals surface area contributed by atoms with Gasteiger partial charge in [-0.25, -0.2) is 0 Å². The molecule has 0 N–H and O–H groups in total. The van der Waals surface area contributed by atoms with Gasteiger partial charge < -0.3 is 0 Å². The van der Waals surface area contributed by atoms with Gasteiger partial charge in [0.05, 0.1) is 12.0 Å². The Hall–Kier alpha value is -1.00. The maximum absolute atomic E-state index is 8.62. The molecule has 2 heteroatoms. The van der Waals surface area contributed by atoms with E-state index in [2.05, 4.69) is 6.07 Å². The second-order valence-electron chi connectivity index (χ2n) is 3.13. The van der Waals surface area contributed by atoms with Crippen molar-refractivity contribution in [2.45, 2.75) is 12.3 Å². The summed E-state index contributed by atoms with van der Waals surface area (Å²) >= 11 is 5.82. The summed E-state index contributed by atoms with van der Waals surface area (Å²) in [5.41, 5.74) is 1.20. The van der Waals surface area contributed by atoms with Crippen LogP contribution >= 0.6 is 11.6 Å². The molecule has 0 aliphatic heterocycles. The van der Waals surface area contributed by atoms with Gasteiger partial charge in [-0.15, -0.1) is 0 Å². The monoisotopic (exact) mass is 177 g/mol. The second kappa shape index (κ2) is 2.80. The van der Waals surface area contributed by atoms with Gasteiger partial charge in [0.1, 0.15) is 0 Å². The van der Waals surface area contributed by atoms with E-state index < -0.39 is 0 Å². The zero-order valence-corrected chi connectivity index (χ0v) is 7.25. The van der Waals surface area contributed by atoms with Gasteiger partial charge >= 0.3 is 0 Å². The van der Waals surface area contributed by atoms with E-state index in [4.69, 9.17) is 16.9 Å². The van der Waals surface area contributed by atoms with Gasteiger partial charge in [0.25, 0.3) is 0 Å². The topological polar surface area (TPSA) is 23.8 Å². The van der Waals surface area contributed by atoms with Gasteiger partial charge in [-0.1, -0.05) is 23.7 Å². The molecule has 1 nitrogen and oxygen atoms in total. The molecule has 1 saturated carbocycles. The lowest BCUT2D eigenvalue weighted by atomic mass is 10.1. The number of halogens is 1. The van der Waals surface area contributed by atoms with E-state index in [1.54, 1.807) is 0 Å². The second-order valence-corrected chi connectivity index (χ2v) is 3.57. The summed E-state index contributed by atoms with van der Waals surface area (Å²) in [5, 5.41) is 9.38. The maximum Gasteiger partial charge on any atom is 0.0662 e. The van der Waals surface area contributed by atoms with Crippen LogP contribution in [0.25, 0.3) is 0 Å². The highest BCUT2D eigenvalue weighted by Gasteiger charge is 2.38. The van der Waals surface area contributed by atoms with E-state index in [-0.39, 0.29) is 5.92 Å². The van der Waals surface area contributed by atoms with Crippen LogP contribution in [0.5, 0.6) is 0 Å². The molecule has 1 fully saturated rings. The van der Waals surface area contributed by atoms with Crippen molar-refractivity contribution in [2.75, 3.05) is 0 Å². The molecule has 1 aromatic carbocycles. The molecular weight excluding hydrogens is 170 g/mol. The first kappa shape index (κ1) is 7.64. The minimum absolute atomic E-state index is 0.225. The van der Waals surface area contributed by atoms with Crippen molar-refractivity contribution >= 4 is 11.6 Å². The van der Waals surface area contributed by atoms with Crippen molar-refractivity contribution < 1.29 is 0 Å². The molecule has 12 heavy (non-hydrogen) atoms. The van der Waals surface area contributed by atoms with Crippen molar-refractivity contribution in [1.29, 1.82) is 5.26 Å². The number of nitrogens with zero attached hydrogens (tertiary/aromatic N) is 1. The molecule has 0 radical (unpaired) electrons. The lowest BCUT2D eigenvalue weighted by Gasteiger charge is -1.96. The minimum Gasteiger partial charge on any atom is -0.198 e. The van der Waals surface area contributed by atoms with Gasteiger partial charge in [-0.05, 0) is 24.1 Å². The van der Waals surface area contributed by atoms with E-state index >= 15 is 0 Å². The Balaban J connectivity index is 2.21. The van der Waals surface area contributed by atoms with Crippen molar-refractivity contribution in [3.8, 4) is 6.07 Å². The molecule has 0 heterocycles. The molecule has 2 rings (SSSR count). The molecule has 2 atom stereocenters. The quantitative estimate of drug-likeness (QED) is 0.647. The van der Waals surface area contributed by atoms with Gasteiger partial charge in [-0.2, -0.15) is 5.26 Å². The number of benzene rings is 1. The fourth-order valence-electron chi connectivity index (χ4n) is 1.44. The highest BCUT2D eigenvalue weighted by atomic mass is 35.5. The molecular formula is C10H8ClN. The molecule has 2 unspecified atom stereocenters. The zero-order chi connectivity index (χ0) is 8.55. The fraction of sp³-hybridized carbons (Fsp3) is 0.300. The van der Waals surface area contributed by atoms with Gasteiger partial charge in [-0.3, -0.25) is 0 Å². The Kier molecular flexibility index (Phi) is 1.78. The van der Waals surface area contributed by atoms with Crippen LogP contribution in [0.1, 0.15) is 17.9 Å². The first-order valence-electron chi connectivity index (χ1n) is 3.96. The predicted molar refractivity (Wildman–Crippen MR) is 47.9 cm³/mol. The summed E-state index contributed by atoms with van der Waals surface area (Å²) in [4.78, 5) is 0. The SMILES string of the molecule is N#CC1CC1c1cccc(Cl)c1. The van der Waals surface area contributed by atoms with E-state index in [1.807, 2.05) is 24.3 Å². The zero-order valence-electron chi connectivity index (χ0n) is 6.50. The van der Waals surface area contributed by atoms with E-state index in [0.29, 0.717) is 5.92 Å². The van der Waals surface area contributed by atoms with Crippen LogP contribution in [-0.4, -0.2) is 0 Å². The van der Waals surface area contributed by atoms with Crippen molar-refractivity contribution in [2.24, 2.45) is 5.92 Å². The minimum atomic E-state index is 0.225. The average molecular weight is 178 g/mol. The summed E-state index contributed by atoms with van der Waals surface area (Å²) in [5.74, 6) is 0.664. The summed E-state index contributed by atoms with van der Waals surface area (Å²) in [6.07, 6.45) is 0.997. The van der Waals surface area contributed by atoms with Crippen LogP contribution in [0.3, 0.4) is 0 Å². The lowest BCUT2D eigenvalue weighted by molar-refractivity contribution is 1.02. The van der Waals surface area contributed by atoms with Crippen molar-refractivity contribution in [1.82, 2.24) is 0 Å². The molecule has 0 aromatic heterocycles. The lowest BCUT2D eigenvalue weighted by Crippen LogP contribution is -1.80. The van der Waals surface area contributed by atoms with E-state index in [9.17, 15) is 0 Å².